The molecular weight excluding hydrogens is 309 g/mol. The van der Waals surface area contributed by atoms with Gasteiger partial charge in [-0.1, -0.05) is 30.1 Å². The van der Waals surface area contributed by atoms with Crippen LogP contribution in [0.1, 0.15) is 18.2 Å². The number of ether oxygens (including phenoxy) is 1. The van der Waals surface area contributed by atoms with Gasteiger partial charge in [-0.15, -0.1) is 0 Å². The molecule has 0 spiro atoms. The number of hydrogen-bond acceptors (Lipinski definition) is 3. The first-order chi connectivity index (χ1) is 10.2. The van der Waals surface area contributed by atoms with Crippen LogP contribution >= 0.6 is 23.2 Å². The summed E-state index contributed by atoms with van der Waals surface area (Å²) < 4.78 is 6.94. The maximum atomic E-state index is 6.09. The molecule has 0 aliphatic heterocycles. The van der Waals surface area contributed by atoms with Crippen molar-refractivity contribution in [3.05, 3.63) is 45.7 Å². The van der Waals surface area contributed by atoms with Crippen molar-refractivity contribution in [2.75, 3.05) is 20.3 Å². The van der Waals surface area contributed by atoms with Crippen LogP contribution in [-0.4, -0.2) is 30.0 Å². The van der Waals surface area contributed by atoms with E-state index < -0.39 is 0 Å². The molecule has 0 fully saturated rings. The van der Waals surface area contributed by atoms with E-state index in [-0.39, 0.29) is 0 Å². The minimum Gasteiger partial charge on any atom is -0.383 e. The molecule has 114 valence electrons. The van der Waals surface area contributed by atoms with E-state index in [9.17, 15) is 0 Å². The molecule has 4 nitrogen and oxygen atoms in total. The van der Waals surface area contributed by atoms with Gasteiger partial charge in [0.2, 0.25) is 0 Å². The normalized spacial score (nSPS) is 11.0. The van der Waals surface area contributed by atoms with Gasteiger partial charge in [0.25, 0.3) is 0 Å². The first kappa shape index (κ1) is 16.3. The molecule has 0 bridgehead atoms. The fourth-order valence-electron chi connectivity index (χ4n) is 2.17. The van der Waals surface area contributed by atoms with Crippen molar-refractivity contribution in [2.24, 2.45) is 0 Å². The number of methoxy groups -OCH3 is 1. The number of halogens is 2. The minimum atomic E-state index is 0.534. The Bertz CT molecular complexity index is 599. The smallest absolute Gasteiger partial charge is 0.0664 e. The van der Waals surface area contributed by atoms with Crippen LogP contribution in [0.15, 0.2) is 24.4 Å². The zero-order valence-electron chi connectivity index (χ0n) is 12.2. The van der Waals surface area contributed by atoms with E-state index in [4.69, 9.17) is 27.9 Å². The van der Waals surface area contributed by atoms with Crippen molar-refractivity contribution in [2.45, 2.75) is 19.9 Å². The molecule has 0 unspecified atom stereocenters. The Labute approximate surface area is 135 Å². The van der Waals surface area contributed by atoms with Gasteiger partial charge in [0.1, 0.15) is 0 Å². The van der Waals surface area contributed by atoms with E-state index in [0.717, 1.165) is 25.2 Å². The third-order valence-corrected chi connectivity index (χ3v) is 3.98. The van der Waals surface area contributed by atoms with E-state index in [2.05, 4.69) is 17.3 Å². The first-order valence-electron chi connectivity index (χ1n) is 6.88. The van der Waals surface area contributed by atoms with E-state index in [1.807, 2.05) is 23.0 Å². The van der Waals surface area contributed by atoms with Crippen molar-refractivity contribution >= 4 is 23.2 Å². The van der Waals surface area contributed by atoms with Gasteiger partial charge in [-0.3, -0.25) is 0 Å². The van der Waals surface area contributed by atoms with Crippen LogP contribution in [0.5, 0.6) is 0 Å². The molecule has 1 aromatic heterocycles. The maximum Gasteiger partial charge on any atom is 0.0664 e. The number of benzene rings is 1. The van der Waals surface area contributed by atoms with E-state index in [0.29, 0.717) is 16.7 Å². The van der Waals surface area contributed by atoms with E-state index >= 15 is 0 Å². The Morgan fingerprint density at radius 3 is 2.76 bits per heavy atom. The van der Waals surface area contributed by atoms with Crippen LogP contribution < -0.4 is 5.32 Å². The average molecular weight is 328 g/mol. The zero-order valence-corrected chi connectivity index (χ0v) is 13.7. The van der Waals surface area contributed by atoms with Gasteiger partial charge in [0, 0.05) is 31.5 Å². The van der Waals surface area contributed by atoms with Gasteiger partial charge in [0.05, 0.1) is 28.5 Å². The predicted molar refractivity (Wildman–Crippen MR) is 86.5 cm³/mol. The number of nitrogens with zero attached hydrogens (tertiary/aromatic N) is 2. The van der Waals surface area contributed by atoms with Crippen molar-refractivity contribution < 1.29 is 4.74 Å². The quantitative estimate of drug-likeness (QED) is 0.791. The lowest BCUT2D eigenvalue weighted by atomic mass is 10.2. The fraction of sp³-hybridized carbons (Fsp3) is 0.400. The molecule has 0 aliphatic carbocycles. The second-order valence-electron chi connectivity index (χ2n) is 4.65. The van der Waals surface area contributed by atoms with Crippen LogP contribution in [0.4, 0.5) is 0 Å². The van der Waals surface area contributed by atoms with Gasteiger partial charge >= 0.3 is 0 Å². The Morgan fingerprint density at radius 2 is 2.10 bits per heavy atom. The summed E-state index contributed by atoms with van der Waals surface area (Å²) in [6, 6.07) is 5.54. The summed E-state index contributed by atoms with van der Waals surface area (Å²) in [5.74, 6) is 0. The highest BCUT2D eigenvalue weighted by molar-refractivity contribution is 6.42. The predicted octanol–water partition coefficient (Wildman–Crippen LogP) is 3.48. The van der Waals surface area contributed by atoms with Crippen molar-refractivity contribution in [1.29, 1.82) is 0 Å². The zero-order chi connectivity index (χ0) is 15.2. The molecule has 0 radical (unpaired) electrons. The largest absolute Gasteiger partial charge is 0.383 e. The molecule has 0 saturated carbocycles. The summed E-state index contributed by atoms with van der Waals surface area (Å²) in [5, 5.41) is 8.89. The van der Waals surface area contributed by atoms with Gasteiger partial charge in [-0.2, -0.15) is 5.10 Å². The van der Waals surface area contributed by atoms with Crippen LogP contribution in [0, 0.1) is 0 Å². The van der Waals surface area contributed by atoms with Gasteiger partial charge in [0.15, 0.2) is 0 Å². The van der Waals surface area contributed by atoms with Crippen LogP contribution in [0.3, 0.4) is 0 Å². The SMILES string of the molecule is CCc1c(CNCCOC)cnn1-c1ccc(Cl)c(Cl)c1. The lowest BCUT2D eigenvalue weighted by Crippen LogP contribution is -2.19. The molecule has 0 aliphatic rings. The molecule has 2 rings (SSSR count). The third-order valence-electron chi connectivity index (χ3n) is 3.24. The van der Waals surface area contributed by atoms with Gasteiger partial charge in [-0.25, -0.2) is 4.68 Å². The number of nitrogens with one attached hydrogen (secondary N) is 1. The maximum absolute atomic E-state index is 6.09. The van der Waals surface area contributed by atoms with Crippen LogP contribution in [0.2, 0.25) is 10.0 Å². The van der Waals surface area contributed by atoms with E-state index in [1.54, 1.807) is 13.2 Å². The Kier molecular flexibility index (Phi) is 6.06. The lowest BCUT2D eigenvalue weighted by Gasteiger charge is -2.09. The average Bonchev–Trinajstić information content (AvgIpc) is 2.89. The van der Waals surface area contributed by atoms with Crippen LogP contribution in [0.25, 0.3) is 5.69 Å². The van der Waals surface area contributed by atoms with Crippen LogP contribution in [-0.2, 0) is 17.7 Å². The van der Waals surface area contributed by atoms with E-state index in [1.165, 1.54) is 11.3 Å². The number of aromatic nitrogens is 2. The summed E-state index contributed by atoms with van der Waals surface area (Å²) in [6.07, 6.45) is 2.78. The lowest BCUT2D eigenvalue weighted by molar-refractivity contribution is 0.199. The molecule has 0 atom stereocenters. The van der Waals surface area contributed by atoms with Crippen molar-refractivity contribution in [3.63, 3.8) is 0 Å². The second-order valence-corrected chi connectivity index (χ2v) is 5.46. The topological polar surface area (TPSA) is 39.1 Å². The first-order valence-corrected chi connectivity index (χ1v) is 7.63. The minimum absolute atomic E-state index is 0.534. The van der Waals surface area contributed by atoms with Crippen molar-refractivity contribution in [1.82, 2.24) is 15.1 Å². The molecule has 6 heteroatoms. The van der Waals surface area contributed by atoms with Crippen molar-refractivity contribution in [3.8, 4) is 5.69 Å². The summed E-state index contributed by atoms with van der Waals surface area (Å²) in [5.41, 5.74) is 3.27. The molecule has 1 heterocycles. The summed E-state index contributed by atoms with van der Waals surface area (Å²) in [4.78, 5) is 0. The Hall–Kier alpha value is -1.07. The Balaban J connectivity index is 2.20. The van der Waals surface area contributed by atoms with Gasteiger partial charge < -0.3 is 10.1 Å². The molecule has 21 heavy (non-hydrogen) atoms. The summed E-state index contributed by atoms with van der Waals surface area (Å²) >= 11 is 12.0. The highest BCUT2D eigenvalue weighted by atomic mass is 35.5. The third kappa shape index (κ3) is 3.98. The highest BCUT2D eigenvalue weighted by Crippen LogP contribution is 2.25. The molecule has 1 N–H and O–H groups in total. The Morgan fingerprint density at radius 1 is 1.29 bits per heavy atom. The molecule has 0 saturated heterocycles. The summed E-state index contributed by atoms with van der Waals surface area (Å²) in [6.45, 7) is 4.40. The standard InChI is InChI=1S/C15H19Cl2N3O/c1-3-15-11(9-18-6-7-21-2)10-19-20(15)12-4-5-13(16)14(17)8-12/h4-5,8,10,18H,3,6-7,9H2,1-2H3. The van der Waals surface area contributed by atoms with Gasteiger partial charge in [-0.05, 0) is 24.6 Å². The molecule has 2 aromatic rings. The highest BCUT2D eigenvalue weighted by Gasteiger charge is 2.11. The number of rotatable bonds is 7. The molecule has 0 amide bonds. The second kappa shape index (κ2) is 7.80. The number of hydrogen-bond donors (Lipinski definition) is 1. The fourth-order valence-corrected chi connectivity index (χ4v) is 2.46. The molecule has 1 aromatic carbocycles. The molecular formula is C15H19Cl2N3O. The monoisotopic (exact) mass is 327 g/mol. The summed E-state index contributed by atoms with van der Waals surface area (Å²) in [7, 11) is 1.70.